The third-order valence-corrected chi connectivity index (χ3v) is 4.23. The van der Waals surface area contributed by atoms with Crippen LogP contribution in [0, 0.1) is 0 Å². The molecule has 0 amide bonds. The molecule has 0 spiro atoms. The minimum absolute atomic E-state index is 0.164. The van der Waals surface area contributed by atoms with Gasteiger partial charge in [0.05, 0.1) is 6.61 Å². The van der Waals surface area contributed by atoms with E-state index >= 15 is 0 Å². The first-order valence-corrected chi connectivity index (χ1v) is 8.26. The zero-order valence-electron chi connectivity index (χ0n) is 14.2. The van der Waals surface area contributed by atoms with Crippen LogP contribution >= 0.6 is 0 Å². The summed E-state index contributed by atoms with van der Waals surface area (Å²) in [4.78, 5) is 0. The minimum atomic E-state index is -0.640. The fourth-order valence-electron chi connectivity index (χ4n) is 3.23. The van der Waals surface area contributed by atoms with Crippen LogP contribution in [0.1, 0.15) is 47.5 Å². The smallest absolute Gasteiger partial charge is 0.190 e. The van der Waals surface area contributed by atoms with Crippen molar-refractivity contribution < 1.29 is 28.4 Å². The molecular weight excluding hydrogens is 288 g/mol. The van der Waals surface area contributed by atoms with E-state index in [0.717, 1.165) is 12.8 Å². The number of hydrogen-bond acceptors (Lipinski definition) is 6. The molecule has 0 saturated carbocycles. The first kappa shape index (κ1) is 16.6. The van der Waals surface area contributed by atoms with Gasteiger partial charge in [0.25, 0.3) is 0 Å². The van der Waals surface area contributed by atoms with Crippen LogP contribution in [-0.2, 0) is 28.4 Å². The second kappa shape index (κ2) is 6.00. The summed E-state index contributed by atoms with van der Waals surface area (Å²) in [5.41, 5.74) is 0. The van der Waals surface area contributed by atoms with Crippen LogP contribution in [0.5, 0.6) is 0 Å². The van der Waals surface area contributed by atoms with Crippen molar-refractivity contribution in [3.63, 3.8) is 0 Å². The van der Waals surface area contributed by atoms with Crippen molar-refractivity contribution in [3.05, 3.63) is 0 Å². The lowest BCUT2D eigenvalue weighted by atomic mass is 10.1. The van der Waals surface area contributed by atoms with Crippen molar-refractivity contribution in [3.8, 4) is 0 Å². The van der Waals surface area contributed by atoms with E-state index in [-0.39, 0.29) is 24.4 Å². The Morgan fingerprint density at radius 1 is 1.00 bits per heavy atom. The standard InChI is InChI=1S/C16H28O6/c1-6-7-8-17-12-11(10-9-18-15(2,3)20-10)19-14-13(12)21-16(4,5)22-14/h10-14H,6-9H2,1-5H3. The van der Waals surface area contributed by atoms with Crippen molar-refractivity contribution >= 4 is 0 Å². The zero-order valence-corrected chi connectivity index (χ0v) is 14.2. The third-order valence-electron chi connectivity index (χ3n) is 4.23. The molecule has 0 aliphatic carbocycles. The Morgan fingerprint density at radius 2 is 1.77 bits per heavy atom. The van der Waals surface area contributed by atoms with Crippen molar-refractivity contribution in [1.82, 2.24) is 0 Å². The fraction of sp³-hybridized carbons (Fsp3) is 1.00. The van der Waals surface area contributed by atoms with Gasteiger partial charge in [0, 0.05) is 6.61 Å². The predicted octanol–water partition coefficient (Wildman–Crippen LogP) is 2.20. The van der Waals surface area contributed by atoms with E-state index in [1.165, 1.54) is 0 Å². The molecule has 3 rings (SSSR count). The first-order valence-electron chi connectivity index (χ1n) is 8.26. The number of ether oxygens (including phenoxy) is 6. The number of fused-ring (bicyclic) bond motifs is 1. The maximum atomic E-state index is 6.08. The average Bonchev–Trinajstić information content (AvgIpc) is 3.01. The zero-order chi connectivity index (χ0) is 16.0. The molecule has 3 fully saturated rings. The van der Waals surface area contributed by atoms with Crippen LogP contribution in [0.25, 0.3) is 0 Å². The quantitative estimate of drug-likeness (QED) is 0.725. The average molecular weight is 316 g/mol. The molecule has 3 heterocycles. The highest BCUT2D eigenvalue weighted by molar-refractivity contribution is 4.98. The van der Waals surface area contributed by atoms with E-state index in [4.69, 9.17) is 28.4 Å². The lowest BCUT2D eigenvalue weighted by molar-refractivity contribution is -0.236. The highest BCUT2D eigenvalue weighted by atomic mass is 16.8. The van der Waals surface area contributed by atoms with Gasteiger partial charge in [0.2, 0.25) is 0 Å². The number of hydrogen-bond donors (Lipinski definition) is 0. The second-order valence-electron chi connectivity index (χ2n) is 7.13. The van der Waals surface area contributed by atoms with E-state index in [1.807, 2.05) is 27.7 Å². The summed E-state index contributed by atoms with van der Waals surface area (Å²) in [6, 6.07) is 0. The maximum absolute atomic E-state index is 6.08. The van der Waals surface area contributed by atoms with Gasteiger partial charge >= 0.3 is 0 Å². The van der Waals surface area contributed by atoms with Crippen LogP contribution in [0.15, 0.2) is 0 Å². The third kappa shape index (κ3) is 3.32. The van der Waals surface area contributed by atoms with Crippen molar-refractivity contribution in [1.29, 1.82) is 0 Å². The Morgan fingerprint density at radius 3 is 2.41 bits per heavy atom. The molecule has 0 aromatic rings. The molecular formula is C16H28O6. The van der Waals surface area contributed by atoms with E-state index < -0.39 is 17.9 Å². The molecule has 5 atom stereocenters. The predicted molar refractivity (Wildman–Crippen MR) is 78.3 cm³/mol. The van der Waals surface area contributed by atoms with Gasteiger partial charge < -0.3 is 28.4 Å². The van der Waals surface area contributed by atoms with E-state index in [9.17, 15) is 0 Å². The lowest BCUT2D eigenvalue weighted by Crippen LogP contribution is -2.44. The normalized spacial score (nSPS) is 42.7. The summed E-state index contributed by atoms with van der Waals surface area (Å²) in [6.45, 7) is 10.9. The monoisotopic (exact) mass is 316 g/mol. The van der Waals surface area contributed by atoms with Crippen LogP contribution in [-0.4, -0.2) is 55.5 Å². The lowest BCUT2D eigenvalue weighted by Gasteiger charge is -2.29. The SMILES string of the molecule is CCCCOC1C(C2COC(C)(C)O2)OC2OC(C)(C)OC21. The summed E-state index contributed by atoms with van der Waals surface area (Å²) >= 11 is 0. The fourth-order valence-corrected chi connectivity index (χ4v) is 3.23. The van der Waals surface area contributed by atoms with Gasteiger partial charge in [-0.15, -0.1) is 0 Å². The van der Waals surface area contributed by atoms with Gasteiger partial charge in [-0.2, -0.15) is 0 Å². The van der Waals surface area contributed by atoms with Gasteiger partial charge in [0.1, 0.15) is 24.4 Å². The number of rotatable bonds is 5. The van der Waals surface area contributed by atoms with Crippen LogP contribution in [0.4, 0.5) is 0 Å². The summed E-state index contributed by atoms with van der Waals surface area (Å²) < 4.78 is 35.6. The highest BCUT2D eigenvalue weighted by Crippen LogP contribution is 2.41. The molecule has 3 aliphatic heterocycles. The van der Waals surface area contributed by atoms with Crippen molar-refractivity contribution in [2.24, 2.45) is 0 Å². The van der Waals surface area contributed by atoms with Crippen LogP contribution < -0.4 is 0 Å². The molecule has 5 unspecified atom stereocenters. The Labute approximate surface area is 132 Å². The Kier molecular flexibility index (Phi) is 4.53. The molecule has 3 aliphatic rings. The van der Waals surface area contributed by atoms with E-state index in [1.54, 1.807) is 0 Å². The van der Waals surface area contributed by atoms with E-state index in [0.29, 0.717) is 13.2 Å². The molecule has 0 bridgehead atoms. The first-order chi connectivity index (χ1) is 10.3. The highest BCUT2D eigenvalue weighted by Gasteiger charge is 2.58. The molecule has 0 aromatic carbocycles. The topological polar surface area (TPSA) is 55.4 Å². The Balaban J connectivity index is 1.69. The summed E-state index contributed by atoms with van der Waals surface area (Å²) in [7, 11) is 0. The molecule has 0 aromatic heterocycles. The Hall–Kier alpha value is -0.240. The minimum Gasteiger partial charge on any atom is -0.372 e. The van der Waals surface area contributed by atoms with Gasteiger partial charge in [0.15, 0.2) is 17.9 Å². The van der Waals surface area contributed by atoms with Crippen LogP contribution in [0.2, 0.25) is 0 Å². The van der Waals surface area contributed by atoms with Crippen LogP contribution in [0.3, 0.4) is 0 Å². The van der Waals surface area contributed by atoms with Crippen molar-refractivity contribution in [2.75, 3.05) is 13.2 Å². The number of unbranched alkanes of at least 4 members (excludes halogenated alkanes) is 1. The largest absolute Gasteiger partial charge is 0.372 e. The second-order valence-corrected chi connectivity index (χ2v) is 7.13. The maximum Gasteiger partial charge on any atom is 0.190 e. The van der Waals surface area contributed by atoms with Gasteiger partial charge in [-0.1, -0.05) is 13.3 Å². The molecule has 22 heavy (non-hydrogen) atoms. The molecule has 3 saturated heterocycles. The molecule has 6 nitrogen and oxygen atoms in total. The van der Waals surface area contributed by atoms with E-state index in [2.05, 4.69) is 6.92 Å². The molecule has 0 N–H and O–H groups in total. The van der Waals surface area contributed by atoms with Gasteiger partial charge in [-0.25, -0.2) is 0 Å². The molecule has 6 heteroatoms. The van der Waals surface area contributed by atoms with Gasteiger partial charge in [-0.3, -0.25) is 0 Å². The summed E-state index contributed by atoms with van der Waals surface area (Å²) in [5, 5.41) is 0. The van der Waals surface area contributed by atoms with Gasteiger partial charge in [-0.05, 0) is 34.1 Å². The summed E-state index contributed by atoms with van der Waals surface area (Å²) in [6.07, 6.45) is 0.889. The van der Waals surface area contributed by atoms with Crippen molar-refractivity contribution in [2.45, 2.75) is 89.7 Å². The Bertz CT molecular complexity index is 396. The summed E-state index contributed by atoms with van der Waals surface area (Å²) in [5.74, 6) is -1.22. The molecule has 128 valence electrons. The molecule has 0 radical (unpaired) electrons.